The summed E-state index contributed by atoms with van der Waals surface area (Å²) in [6, 6.07) is 11.1. The van der Waals surface area contributed by atoms with Crippen molar-refractivity contribution >= 4 is 23.3 Å². The summed E-state index contributed by atoms with van der Waals surface area (Å²) in [5, 5.41) is 5.39. The molecule has 1 amide bonds. The predicted octanol–water partition coefficient (Wildman–Crippen LogP) is 3.74. The number of ether oxygens (including phenoxy) is 1. The number of nitrogens with one attached hydrogen (secondary N) is 2. The van der Waals surface area contributed by atoms with Crippen molar-refractivity contribution in [1.29, 1.82) is 0 Å². The van der Waals surface area contributed by atoms with Crippen LogP contribution >= 0.6 is 0 Å². The standard InChI is InChI=1S/C18H17F3N2O3/c1-26-16(24)9-10-22-17(25)14-7-2-3-8-15(14)23-13-6-4-5-12(11-13)18(19,20)21/h2-8,11,23H,9-10H2,1H3,(H,22,25). The molecule has 0 fully saturated rings. The van der Waals surface area contributed by atoms with Crippen molar-refractivity contribution in [3.8, 4) is 0 Å². The van der Waals surface area contributed by atoms with Crippen molar-refractivity contribution < 1.29 is 27.5 Å². The molecule has 138 valence electrons. The van der Waals surface area contributed by atoms with Crippen molar-refractivity contribution in [2.45, 2.75) is 12.6 Å². The number of benzene rings is 2. The van der Waals surface area contributed by atoms with E-state index in [9.17, 15) is 22.8 Å². The first kappa shape index (κ1) is 19.3. The number of esters is 1. The summed E-state index contributed by atoms with van der Waals surface area (Å²) >= 11 is 0. The fourth-order valence-corrected chi connectivity index (χ4v) is 2.19. The van der Waals surface area contributed by atoms with Crippen molar-refractivity contribution in [1.82, 2.24) is 5.32 Å². The summed E-state index contributed by atoms with van der Waals surface area (Å²) in [5.74, 6) is -0.912. The Kier molecular flexibility index (Phi) is 6.21. The number of halogens is 3. The molecular formula is C18H17F3N2O3. The molecule has 0 aromatic heterocycles. The molecule has 0 aliphatic heterocycles. The number of para-hydroxylation sites is 1. The van der Waals surface area contributed by atoms with Gasteiger partial charge in [-0.15, -0.1) is 0 Å². The van der Waals surface area contributed by atoms with E-state index in [0.717, 1.165) is 12.1 Å². The van der Waals surface area contributed by atoms with Gasteiger partial charge in [-0.3, -0.25) is 9.59 Å². The van der Waals surface area contributed by atoms with Gasteiger partial charge < -0.3 is 15.4 Å². The van der Waals surface area contributed by atoms with E-state index in [1.54, 1.807) is 18.2 Å². The normalized spacial score (nSPS) is 10.9. The first-order valence-electron chi connectivity index (χ1n) is 7.69. The Hall–Kier alpha value is -3.03. The van der Waals surface area contributed by atoms with Crippen LogP contribution in [0.1, 0.15) is 22.3 Å². The third-order valence-electron chi connectivity index (χ3n) is 3.48. The van der Waals surface area contributed by atoms with Crippen LogP contribution in [0.15, 0.2) is 48.5 Å². The van der Waals surface area contributed by atoms with Gasteiger partial charge in [0, 0.05) is 12.2 Å². The van der Waals surface area contributed by atoms with Crippen LogP contribution in [0.2, 0.25) is 0 Å². The van der Waals surface area contributed by atoms with Gasteiger partial charge in [0.15, 0.2) is 0 Å². The van der Waals surface area contributed by atoms with Crippen LogP contribution in [0.5, 0.6) is 0 Å². The Labute approximate surface area is 148 Å². The molecule has 2 rings (SSSR count). The summed E-state index contributed by atoms with van der Waals surface area (Å²) in [4.78, 5) is 23.3. The highest BCUT2D eigenvalue weighted by Crippen LogP contribution is 2.31. The zero-order chi connectivity index (χ0) is 19.2. The van der Waals surface area contributed by atoms with E-state index >= 15 is 0 Å². The second kappa shape index (κ2) is 8.37. The van der Waals surface area contributed by atoms with Gasteiger partial charge in [-0.2, -0.15) is 13.2 Å². The van der Waals surface area contributed by atoms with Gasteiger partial charge >= 0.3 is 12.1 Å². The molecule has 0 radical (unpaired) electrons. The zero-order valence-corrected chi connectivity index (χ0v) is 13.9. The molecule has 0 aliphatic carbocycles. The topological polar surface area (TPSA) is 67.4 Å². The van der Waals surface area contributed by atoms with Crippen LogP contribution in [-0.4, -0.2) is 25.5 Å². The maximum atomic E-state index is 12.8. The lowest BCUT2D eigenvalue weighted by Gasteiger charge is -2.14. The number of carbonyl (C=O) groups is 2. The van der Waals surface area contributed by atoms with Crippen LogP contribution in [0.25, 0.3) is 0 Å². The Balaban J connectivity index is 2.14. The van der Waals surface area contributed by atoms with E-state index in [-0.39, 0.29) is 24.2 Å². The summed E-state index contributed by atoms with van der Waals surface area (Å²) < 4.78 is 42.9. The minimum Gasteiger partial charge on any atom is -0.469 e. The number of methoxy groups -OCH3 is 1. The molecule has 0 bridgehead atoms. The largest absolute Gasteiger partial charge is 0.469 e. The van der Waals surface area contributed by atoms with Gasteiger partial charge in [0.1, 0.15) is 0 Å². The average molecular weight is 366 g/mol. The maximum absolute atomic E-state index is 12.8. The third-order valence-corrected chi connectivity index (χ3v) is 3.48. The fraction of sp³-hybridized carbons (Fsp3) is 0.222. The molecule has 5 nitrogen and oxygen atoms in total. The van der Waals surface area contributed by atoms with E-state index in [0.29, 0.717) is 5.69 Å². The molecule has 2 aromatic carbocycles. The average Bonchev–Trinajstić information content (AvgIpc) is 2.61. The fourth-order valence-electron chi connectivity index (χ4n) is 2.19. The number of hydrogen-bond acceptors (Lipinski definition) is 4. The van der Waals surface area contributed by atoms with Crippen LogP contribution in [0.4, 0.5) is 24.5 Å². The highest BCUT2D eigenvalue weighted by molar-refractivity contribution is 6.00. The summed E-state index contributed by atoms with van der Waals surface area (Å²) in [6.07, 6.45) is -4.44. The number of hydrogen-bond donors (Lipinski definition) is 2. The van der Waals surface area contributed by atoms with Gasteiger partial charge in [-0.05, 0) is 30.3 Å². The number of anilines is 2. The minimum atomic E-state index is -4.46. The lowest BCUT2D eigenvalue weighted by Crippen LogP contribution is -2.27. The molecule has 0 saturated heterocycles. The van der Waals surface area contributed by atoms with Crippen LogP contribution in [-0.2, 0) is 15.7 Å². The molecule has 26 heavy (non-hydrogen) atoms. The Bertz CT molecular complexity index is 791. The molecule has 0 spiro atoms. The highest BCUT2D eigenvalue weighted by Gasteiger charge is 2.30. The Morgan fingerprint density at radius 1 is 1.08 bits per heavy atom. The van der Waals surface area contributed by atoms with Gasteiger partial charge in [-0.25, -0.2) is 0 Å². The number of alkyl halides is 3. The highest BCUT2D eigenvalue weighted by atomic mass is 19.4. The lowest BCUT2D eigenvalue weighted by molar-refractivity contribution is -0.140. The second-order valence-corrected chi connectivity index (χ2v) is 5.33. The van der Waals surface area contributed by atoms with Gasteiger partial charge in [0.2, 0.25) is 0 Å². The second-order valence-electron chi connectivity index (χ2n) is 5.33. The molecule has 0 heterocycles. The molecule has 0 aliphatic rings. The van der Waals surface area contributed by atoms with Gasteiger partial charge in [0.25, 0.3) is 5.91 Å². The van der Waals surface area contributed by atoms with Gasteiger partial charge in [-0.1, -0.05) is 18.2 Å². The number of amides is 1. The van der Waals surface area contributed by atoms with Crippen molar-refractivity contribution in [2.75, 3.05) is 19.0 Å². The number of carbonyl (C=O) groups excluding carboxylic acids is 2. The minimum absolute atomic E-state index is 0.0193. The van der Waals surface area contributed by atoms with E-state index in [1.807, 2.05) is 0 Å². The third kappa shape index (κ3) is 5.23. The first-order valence-corrected chi connectivity index (χ1v) is 7.69. The monoisotopic (exact) mass is 366 g/mol. The molecular weight excluding hydrogens is 349 g/mol. The summed E-state index contributed by atoms with van der Waals surface area (Å²) in [5.41, 5.74) is 0.00863. The predicted molar refractivity (Wildman–Crippen MR) is 90.1 cm³/mol. The van der Waals surface area contributed by atoms with Crippen molar-refractivity contribution in [2.24, 2.45) is 0 Å². The quantitative estimate of drug-likeness (QED) is 0.765. The van der Waals surface area contributed by atoms with Crippen LogP contribution in [0.3, 0.4) is 0 Å². The van der Waals surface area contributed by atoms with E-state index in [2.05, 4.69) is 15.4 Å². The summed E-state index contributed by atoms with van der Waals surface area (Å²) in [7, 11) is 1.25. The molecule has 2 aromatic rings. The van der Waals surface area contributed by atoms with E-state index in [1.165, 1.54) is 25.3 Å². The van der Waals surface area contributed by atoms with Crippen LogP contribution < -0.4 is 10.6 Å². The molecule has 8 heteroatoms. The summed E-state index contributed by atoms with van der Waals surface area (Å²) in [6.45, 7) is 0.0867. The van der Waals surface area contributed by atoms with Crippen molar-refractivity contribution in [3.05, 3.63) is 59.7 Å². The molecule has 0 saturated carbocycles. The molecule has 0 unspecified atom stereocenters. The first-order chi connectivity index (χ1) is 12.3. The zero-order valence-electron chi connectivity index (χ0n) is 13.9. The molecule has 2 N–H and O–H groups in total. The van der Waals surface area contributed by atoms with E-state index < -0.39 is 23.6 Å². The smallest absolute Gasteiger partial charge is 0.416 e. The van der Waals surface area contributed by atoms with E-state index in [4.69, 9.17) is 0 Å². The maximum Gasteiger partial charge on any atom is 0.416 e. The molecule has 0 atom stereocenters. The Morgan fingerprint density at radius 2 is 1.81 bits per heavy atom. The number of rotatable bonds is 6. The van der Waals surface area contributed by atoms with Crippen molar-refractivity contribution in [3.63, 3.8) is 0 Å². The lowest BCUT2D eigenvalue weighted by atomic mass is 10.1. The van der Waals surface area contributed by atoms with Gasteiger partial charge in [0.05, 0.1) is 30.3 Å². The SMILES string of the molecule is COC(=O)CCNC(=O)c1ccccc1Nc1cccc(C(F)(F)F)c1. The Morgan fingerprint density at radius 3 is 2.50 bits per heavy atom. The van der Waals surface area contributed by atoms with Crippen LogP contribution in [0, 0.1) is 0 Å².